The van der Waals surface area contributed by atoms with Crippen LogP contribution in [-0.2, 0) is 0 Å². The number of piperidine rings is 1. The Morgan fingerprint density at radius 3 is 2.77 bits per heavy atom. The van der Waals surface area contributed by atoms with E-state index in [9.17, 15) is 9.90 Å². The molecule has 1 aliphatic heterocycles. The summed E-state index contributed by atoms with van der Waals surface area (Å²) >= 11 is 6.18. The number of amides is 1. The standard InChI is InChI=1S/C19H22ClN3O3/c1-13-9-15(10-14(2)17(13)20)26-12-19(25)6-4-8-23(11-19)18(24)16-5-3-7-21-22-16/h3,5,7,9-10,25H,4,6,8,11-12H2,1-2H3. The van der Waals surface area contributed by atoms with Crippen LogP contribution in [-0.4, -0.2) is 51.4 Å². The molecule has 0 bridgehead atoms. The molecule has 1 fully saturated rings. The monoisotopic (exact) mass is 375 g/mol. The highest BCUT2D eigenvalue weighted by molar-refractivity contribution is 6.32. The molecule has 1 saturated heterocycles. The van der Waals surface area contributed by atoms with Crippen LogP contribution in [0.25, 0.3) is 0 Å². The lowest BCUT2D eigenvalue weighted by Gasteiger charge is -2.38. The van der Waals surface area contributed by atoms with Crippen molar-refractivity contribution in [3.05, 3.63) is 52.3 Å². The number of aliphatic hydroxyl groups is 1. The van der Waals surface area contributed by atoms with Crippen LogP contribution in [0, 0.1) is 13.8 Å². The Bertz CT molecular complexity index is 777. The molecule has 1 unspecified atom stereocenters. The molecule has 0 spiro atoms. The zero-order valence-electron chi connectivity index (χ0n) is 14.9. The molecule has 1 aromatic heterocycles. The van der Waals surface area contributed by atoms with Gasteiger partial charge in [0.15, 0.2) is 5.69 Å². The molecular formula is C19H22ClN3O3. The molecule has 138 valence electrons. The van der Waals surface area contributed by atoms with Gasteiger partial charge in [0.2, 0.25) is 0 Å². The van der Waals surface area contributed by atoms with E-state index in [1.54, 1.807) is 17.0 Å². The van der Waals surface area contributed by atoms with Crippen LogP contribution >= 0.6 is 11.6 Å². The molecule has 1 N–H and O–H groups in total. The van der Waals surface area contributed by atoms with Crippen molar-refractivity contribution in [3.8, 4) is 5.75 Å². The Kier molecular flexibility index (Phi) is 5.44. The van der Waals surface area contributed by atoms with Gasteiger partial charge in [-0.15, -0.1) is 5.10 Å². The van der Waals surface area contributed by atoms with Crippen molar-refractivity contribution in [3.63, 3.8) is 0 Å². The zero-order chi connectivity index (χ0) is 18.7. The number of benzene rings is 1. The lowest BCUT2D eigenvalue weighted by Crippen LogP contribution is -2.53. The Morgan fingerprint density at radius 1 is 1.38 bits per heavy atom. The minimum atomic E-state index is -1.10. The van der Waals surface area contributed by atoms with Gasteiger partial charge in [0.25, 0.3) is 5.91 Å². The first-order valence-electron chi connectivity index (χ1n) is 8.57. The highest BCUT2D eigenvalue weighted by Crippen LogP contribution is 2.28. The van der Waals surface area contributed by atoms with E-state index in [4.69, 9.17) is 16.3 Å². The van der Waals surface area contributed by atoms with Crippen LogP contribution in [0.5, 0.6) is 5.75 Å². The van der Waals surface area contributed by atoms with Crippen LogP contribution in [0.1, 0.15) is 34.5 Å². The molecule has 0 aliphatic carbocycles. The summed E-state index contributed by atoms with van der Waals surface area (Å²) in [5.41, 5.74) is 1.03. The van der Waals surface area contributed by atoms with Crippen LogP contribution in [0.4, 0.5) is 0 Å². The number of carbonyl (C=O) groups is 1. The number of β-amino-alcohol motifs (C(OH)–C–C–N with tert-alkyl or cyclic N) is 1. The fourth-order valence-corrected chi connectivity index (χ4v) is 3.30. The van der Waals surface area contributed by atoms with Crippen molar-refractivity contribution in [1.82, 2.24) is 15.1 Å². The fraction of sp³-hybridized carbons (Fsp3) is 0.421. The zero-order valence-corrected chi connectivity index (χ0v) is 15.7. The summed E-state index contributed by atoms with van der Waals surface area (Å²) in [6.45, 7) is 4.72. The predicted molar refractivity (Wildman–Crippen MR) is 98.5 cm³/mol. The summed E-state index contributed by atoms with van der Waals surface area (Å²) in [6.07, 6.45) is 2.79. The highest BCUT2D eigenvalue weighted by Gasteiger charge is 2.36. The van der Waals surface area contributed by atoms with Crippen LogP contribution in [0.2, 0.25) is 5.02 Å². The smallest absolute Gasteiger partial charge is 0.274 e. The van der Waals surface area contributed by atoms with E-state index in [-0.39, 0.29) is 24.8 Å². The van der Waals surface area contributed by atoms with Gasteiger partial charge >= 0.3 is 0 Å². The fourth-order valence-electron chi connectivity index (χ4n) is 3.19. The minimum Gasteiger partial charge on any atom is -0.491 e. The van der Waals surface area contributed by atoms with Gasteiger partial charge in [-0.05, 0) is 62.1 Å². The Labute approximate surface area is 157 Å². The molecule has 7 heteroatoms. The number of nitrogens with zero attached hydrogens (tertiary/aromatic N) is 3. The maximum Gasteiger partial charge on any atom is 0.274 e. The third kappa shape index (κ3) is 4.14. The van der Waals surface area contributed by atoms with Gasteiger partial charge in [0.05, 0.1) is 6.54 Å². The lowest BCUT2D eigenvalue weighted by atomic mass is 9.93. The summed E-state index contributed by atoms with van der Waals surface area (Å²) in [5, 5.41) is 19.2. The number of ether oxygens (including phenoxy) is 1. The number of hydrogen-bond acceptors (Lipinski definition) is 5. The van der Waals surface area contributed by atoms with Crippen LogP contribution in [0.3, 0.4) is 0 Å². The van der Waals surface area contributed by atoms with Crippen LogP contribution < -0.4 is 4.74 Å². The first-order chi connectivity index (χ1) is 12.4. The molecule has 0 saturated carbocycles. The van der Waals surface area contributed by atoms with E-state index in [0.29, 0.717) is 25.1 Å². The molecule has 3 rings (SSSR count). The molecule has 1 amide bonds. The number of likely N-dealkylation sites (tertiary alicyclic amines) is 1. The van der Waals surface area contributed by atoms with E-state index in [2.05, 4.69) is 10.2 Å². The highest BCUT2D eigenvalue weighted by atomic mass is 35.5. The summed E-state index contributed by atoms with van der Waals surface area (Å²) in [4.78, 5) is 14.2. The van der Waals surface area contributed by atoms with E-state index in [0.717, 1.165) is 16.1 Å². The van der Waals surface area contributed by atoms with Gasteiger partial charge in [-0.3, -0.25) is 4.79 Å². The summed E-state index contributed by atoms with van der Waals surface area (Å²) in [7, 11) is 0. The largest absolute Gasteiger partial charge is 0.491 e. The normalized spacial score (nSPS) is 20.1. The van der Waals surface area contributed by atoms with Crippen molar-refractivity contribution in [1.29, 1.82) is 0 Å². The SMILES string of the molecule is Cc1cc(OCC2(O)CCCN(C(=O)c3cccnn3)C2)cc(C)c1Cl. The molecular weight excluding hydrogens is 354 g/mol. The van der Waals surface area contributed by atoms with Gasteiger partial charge in [0, 0.05) is 17.8 Å². The predicted octanol–water partition coefficient (Wildman–Crippen LogP) is 2.79. The van der Waals surface area contributed by atoms with E-state index in [1.165, 1.54) is 6.20 Å². The van der Waals surface area contributed by atoms with Gasteiger partial charge in [0.1, 0.15) is 18.0 Å². The molecule has 0 radical (unpaired) electrons. The van der Waals surface area contributed by atoms with Crippen molar-refractivity contribution in [2.75, 3.05) is 19.7 Å². The molecule has 1 atom stereocenters. The van der Waals surface area contributed by atoms with Crippen molar-refractivity contribution >= 4 is 17.5 Å². The molecule has 1 aromatic carbocycles. The maximum absolute atomic E-state index is 12.5. The third-order valence-electron chi connectivity index (χ3n) is 4.55. The minimum absolute atomic E-state index is 0.109. The number of hydrogen-bond donors (Lipinski definition) is 1. The summed E-state index contributed by atoms with van der Waals surface area (Å²) < 4.78 is 5.82. The van der Waals surface area contributed by atoms with Crippen molar-refractivity contribution in [2.24, 2.45) is 0 Å². The topological polar surface area (TPSA) is 75.6 Å². The molecule has 2 heterocycles. The number of halogens is 1. The van der Waals surface area contributed by atoms with E-state index >= 15 is 0 Å². The second kappa shape index (κ2) is 7.60. The third-order valence-corrected chi connectivity index (χ3v) is 5.15. The van der Waals surface area contributed by atoms with Crippen molar-refractivity contribution < 1.29 is 14.6 Å². The first-order valence-corrected chi connectivity index (χ1v) is 8.95. The average Bonchev–Trinajstić information content (AvgIpc) is 2.64. The van der Waals surface area contributed by atoms with E-state index in [1.807, 2.05) is 26.0 Å². The Morgan fingerprint density at radius 2 is 2.12 bits per heavy atom. The maximum atomic E-state index is 12.5. The molecule has 2 aromatic rings. The van der Waals surface area contributed by atoms with Gasteiger partial charge in [-0.2, -0.15) is 5.10 Å². The van der Waals surface area contributed by atoms with Crippen molar-refractivity contribution in [2.45, 2.75) is 32.3 Å². The van der Waals surface area contributed by atoms with Gasteiger partial charge in [-0.25, -0.2) is 0 Å². The lowest BCUT2D eigenvalue weighted by molar-refractivity contribution is -0.0533. The number of carbonyl (C=O) groups excluding carboxylic acids is 1. The van der Waals surface area contributed by atoms with Gasteiger partial charge in [-0.1, -0.05) is 11.6 Å². The number of aryl methyl sites for hydroxylation is 2. The second-order valence-electron chi connectivity index (χ2n) is 6.82. The van der Waals surface area contributed by atoms with E-state index < -0.39 is 5.60 Å². The Balaban J connectivity index is 1.67. The quantitative estimate of drug-likeness (QED) is 0.889. The average molecular weight is 376 g/mol. The number of aromatic nitrogens is 2. The number of rotatable bonds is 4. The Hall–Kier alpha value is -2.18. The summed E-state index contributed by atoms with van der Waals surface area (Å²) in [6, 6.07) is 7.00. The molecule has 1 aliphatic rings. The molecule has 26 heavy (non-hydrogen) atoms. The second-order valence-corrected chi connectivity index (χ2v) is 7.20. The van der Waals surface area contributed by atoms with Gasteiger partial charge < -0.3 is 14.7 Å². The molecule has 6 nitrogen and oxygen atoms in total. The van der Waals surface area contributed by atoms with Crippen LogP contribution in [0.15, 0.2) is 30.5 Å². The first kappa shape index (κ1) is 18.6. The summed E-state index contributed by atoms with van der Waals surface area (Å²) in [5.74, 6) is 0.435.